The van der Waals surface area contributed by atoms with Gasteiger partial charge in [0.25, 0.3) is 0 Å². The molecule has 0 N–H and O–H groups in total. The number of nitrogens with zero attached hydrogens (tertiary/aromatic N) is 4. The van der Waals surface area contributed by atoms with E-state index in [0.717, 1.165) is 51.3 Å². The van der Waals surface area contributed by atoms with E-state index in [4.69, 9.17) is 0 Å². The van der Waals surface area contributed by atoms with Gasteiger partial charge >= 0.3 is 0 Å². The number of hydrogen-bond acceptors (Lipinski definition) is 3. The summed E-state index contributed by atoms with van der Waals surface area (Å²) in [5.41, 5.74) is 2.30. The van der Waals surface area contributed by atoms with E-state index >= 15 is 0 Å². The first-order valence-electron chi connectivity index (χ1n) is 9.41. The van der Waals surface area contributed by atoms with Crippen molar-refractivity contribution in [2.75, 3.05) is 26.2 Å². The van der Waals surface area contributed by atoms with Gasteiger partial charge in [0.2, 0.25) is 5.91 Å². The molecule has 0 atom stereocenters. The molecule has 0 radical (unpaired) electrons. The molecule has 2 saturated heterocycles. The third-order valence-corrected chi connectivity index (χ3v) is 5.46. The Hall–Kier alpha value is -2.14. The Bertz CT molecular complexity index is 697. The molecule has 132 valence electrons. The number of benzene rings is 1. The molecule has 3 heterocycles. The van der Waals surface area contributed by atoms with Crippen LogP contribution in [0, 0.1) is 5.92 Å². The van der Waals surface area contributed by atoms with Crippen LogP contribution in [0.4, 0.5) is 0 Å². The Labute approximate surface area is 149 Å². The van der Waals surface area contributed by atoms with E-state index in [-0.39, 0.29) is 5.92 Å². The van der Waals surface area contributed by atoms with Crippen LogP contribution in [0.5, 0.6) is 0 Å². The second kappa shape index (κ2) is 7.40. The third kappa shape index (κ3) is 3.61. The molecule has 2 aliphatic rings. The van der Waals surface area contributed by atoms with Crippen molar-refractivity contribution < 1.29 is 4.79 Å². The third-order valence-electron chi connectivity index (χ3n) is 5.46. The van der Waals surface area contributed by atoms with E-state index in [1.165, 1.54) is 18.5 Å². The molecule has 1 amide bonds. The first-order valence-corrected chi connectivity index (χ1v) is 9.41. The highest BCUT2D eigenvalue weighted by atomic mass is 16.2. The molecule has 0 spiro atoms. The zero-order valence-electron chi connectivity index (χ0n) is 14.7. The smallest absolute Gasteiger partial charge is 0.225 e. The molecule has 0 saturated carbocycles. The van der Waals surface area contributed by atoms with Crippen molar-refractivity contribution in [3.05, 3.63) is 48.3 Å². The van der Waals surface area contributed by atoms with E-state index in [1.807, 2.05) is 29.1 Å². The van der Waals surface area contributed by atoms with Crippen LogP contribution in [0.25, 0.3) is 5.69 Å². The average Bonchev–Trinajstić information content (AvgIpc) is 3.35. The van der Waals surface area contributed by atoms with Crippen molar-refractivity contribution in [2.45, 2.75) is 32.2 Å². The molecule has 2 aliphatic heterocycles. The van der Waals surface area contributed by atoms with Crippen molar-refractivity contribution in [2.24, 2.45) is 5.92 Å². The fourth-order valence-corrected chi connectivity index (χ4v) is 4.02. The molecular weight excluding hydrogens is 312 g/mol. The van der Waals surface area contributed by atoms with Crippen LogP contribution in [0.1, 0.15) is 31.4 Å². The quantitative estimate of drug-likeness (QED) is 0.861. The number of para-hydroxylation sites is 1. The van der Waals surface area contributed by atoms with E-state index in [2.05, 4.69) is 33.1 Å². The Morgan fingerprint density at radius 3 is 2.44 bits per heavy atom. The summed E-state index contributed by atoms with van der Waals surface area (Å²) in [5, 5.41) is 4.48. The molecule has 1 aromatic carbocycles. The summed E-state index contributed by atoms with van der Waals surface area (Å²) in [5.74, 6) is 0.625. The van der Waals surface area contributed by atoms with Gasteiger partial charge < -0.3 is 4.90 Å². The average molecular weight is 338 g/mol. The van der Waals surface area contributed by atoms with Gasteiger partial charge in [0.15, 0.2) is 0 Å². The normalized spacial score (nSPS) is 19.4. The lowest BCUT2D eigenvalue weighted by Crippen LogP contribution is -2.41. The maximum atomic E-state index is 12.6. The topological polar surface area (TPSA) is 41.4 Å². The zero-order valence-corrected chi connectivity index (χ0v) is 14.7. The van der Waals surface area contributed by atoms with Gasteiger partial charge in [-0.05, 0) is 57.0 Å². The maximum Gasteiger partial charge on any atom is 0.225 e. The second-order valence-corrected chi connectivity index (χ2v) is 7.15. The fourth-order valence-electron chi connectivity index (χ4n) is 4.02. The van der Waals surface area contributed by atoms with Gasteiger partial charge in [-0.25, -0.2) is 4.68 Å². The minimum absolute atomic E-state index is 0.230. The van der Waals surface area contributed by atoms with Crippen LogP contribution in [0.3, 0.4) is 0 Å². The molecule has 0 unspecified atom stereocenters. The number of hydrogen-bond donors (Lipinski definition) is 0. The Balaban J connectivity index is 1.35. The summed E-state index contributed by atoms with van der Waals surface area (Å²) >= 11 is 0. The maximum absolute atomic E-state index is 12.6. The highest BCUT2D eigenvalue weighted by Crippen LogP contribution is 2.23. The van der Waals surface area contributed by atoms with Crippen molar-refractivity contribution >= 4 is 5.91 Å². The lowest BCUT2D eigenvalue weighted by Gasteiger charge is -2.33. The molecule has 4 rings (SSSR count). The molecule has 0 bridgehead atoms. The molecule has 2 fully saturated rings. The molecule has 1 aromatic heterocycles. The first-order chi connectivity index (χ1) is 12.3. The second-order valence-electron chi connectivity index (χ2n) is 7.15. The predicted molar refractivity (Wildman–Crippen MR) is 97.4 cm³/mol. The summed E-state index contributed by atoms with van der Waals surface area (Å²) in [7, 11) is 0. The van der Waals surface area contributed by atoms with Gasteiger partial charge in [-0.15, -0.1) is 0 Å². The highest BCUT2D eigenvalue weighted by Gasteiger charge is 2.29. The van der Waals surface area contributed by atoms with Gasteiger partial charge in [-0.2, -0.15) is 5.10 Å². The van der Waals surface area contributed by atoms with Gasteiger partial charge in [-0.3, -0.25) is 9.69 Å². The van der Waals surface area contributed by atoms with Gasteiger partial charge in [-0.1, -0.05) is 18.2 Å². The van der Waals surface area contributed by atoms with Crippen LogP contribution in [-0.2, 0) is 11.3 Å². The van der Waals surface area contributed by atoms with E-state index < -0.39 is 0 Å². The van der Waals surface area contributed by atoms with Crippen LogP contribution in [-0.4, -0.2) is 51.7 Å². The number of rotatable bonds is 4. The van der Waals surface area contributed by atoms with Crippen LogP contribution in [0.15, 0.2) is 42.6 Å². The lowest BCUT2D eigenvalue weighted by atomic mass is 9.95. The highest BCUT2D eigenvalue weighted by molar-refractivity contribution is 5.79. The minimum Gasteiger partial charge on any atom is -0.342 e. The number of likely N-dealkylation sites (tertiary alicyclic amines) is 2. The molecule has 5 nitrogen and oxygen atoms in total. The largest absolute Gasteiger partial charge is 0.342 e. The summed E-state index contributed by atoms with van der Waals surface area (Å²) in [6.07, 6.45) is 6.18. The number of carbonyl (C=O) groups is 1. The Morgan fingerprint density at radius 1 is 1.00 bits per heavy atom. The predicted octanol–water partition coefficient (Wildman–Crippen LogP) is 2.71. The van der Waals surface area contributed by atoms with Crippen molar-refractivity contribution in [1.82, 2.24) is 19.6 Å². The summed E-state index contributed by atoms with van der Waals surface area (Å²) in [6, 6.07) is 12.4. The Morgan fingerprint density at radius 2 is 1.72 bits per heavy atom. The number of aromatic nitrogens is 2. The summed E-state index contributed by atoms with van der Waals surface area (Å²) in [6.45, 7) is 4.80. The number of carbonyl (C=O) groups excluding carboxylic acids is 1. The first kappa shape index (κ1) is 16.3. The zero-order chi connectivity index (χ0) is 17.1. The molecule has 5 heteroatoms. The van der Waals surface area contributed by atoms with Gasteiger partial charge in [0.05, 0.1) is 11.4 Å². The van der Waals surface area contributed by atoms with Gasteiger partial charge in [0.1, 0.15) is 0 Å². The molecular formula is C20H26N4O. The minimum atomic E-state index is 0.230. The number of amides is 1. The number of piperidine rings is 1. The standard InChI is InChI=1S/C20H26N4O/c25-20(23-12-4-5-13-23)17-9-14-22(15-10-17)16-19-8-11-21-24(19)18-6-2-1-3-7-18/h1-3,6-8,11,17H,4-5,9-10,12-16H2. The monoisotopic (exact) mass is 338 g/mol. The lowest BCUT2D eigenvalue weighted by molar-refractivity contribution is -0.136. The van der Waals surface area contributed by atoms with Gasteiger partial charge in [0, 0.05) is 31.7 Å². The van der Waals surface area contributed by atoms with Crippen LogP contribution < -0.4 is 0 Å². The van der Waals surface area contributed by atoms with E-state index in [1.54, 1.807) is 0 Å². The Kier molecular flexibility index (Phi) is 4.83. The van der Waals surface area contributed by atoms with Crippen LogP contribution in [0.2, 0.25) is 0 Å². The summed E-state index contributed by atoms with van der Waals surface area (Å²) in [4.78, 5) is 17.1. The van der Waals surface area contributed by atoms with Crippen molar-refractivity contribution in [1.29, 1.82) is 0 Å². The fraction of sp³-hybridized carbons (Fsp3) is 0.500. The van der Waals surface area contributed by atoms with Crippen LogP contribution >= 0.6 is 0 Å². The van der Waals surface area contributed by atoms with E-state index in [0.29, 0.717) is 5.91 Å². The SMILES string of the molecule is O=C(C1CCN(Cc2ccnn2-c2ccccc2)CC1)N1CCCC1. The van der Waals surface area contributed by atoms with Crippen molar-refractivity contribution in [3.63, 3.8) is 0 Å². The summed E-state index contributed by atoms with van der Waals surface area (Å²) < 4.78 is 2.02. The molecule has 25 heavy (non-hydrogen) atoms. The molecule has 2 aromatic rings. The van der Waals surface area contributed by atoms with Crippen molar-refractivity contribution in [3.8, 4) is 5.69 Å². The van der Waals surface area contributed by atoms with E-state index in [9.17, 15) is 4.79 Å². The molecule has 0 aliphatic carbocycles.